The smallest absolute Gasteiger partial charge is 0.246 e. The summed E-state index contributed by atoms with van der Waals surface area (Å²) >= 11 is 0. The zero-order chi connectivity index (χ0) is 19.1. The van der Waals surface area contributed by atoms with Gasteiger partial charge in [0.05, 0.1) is 6.61 Å². The first-order chi connectivity index (χ1) is 13.2. The number of amides is 1. The molecule has 0 saturated carbocycles. The number of tetrazole rings is 1. The predicted molar refractivity (Wildman–Crippen MR) is 102 cm³/mol. The van der Waals surface area contributed by atoms with Gasteiger partial charge in [0.15, 0.2) is 0 Å². The number of aryl methyl sites for hydroxylation is 1. The number of nitrogens with zero attached hydrogens (tertiary/aromatic N) is 5. The Balaban J connectivity index is 1.68. The number of rotatable bonds is 8. The molecule has 0 bridgehead atoms. The molecule has 140 valence electrons. The molecule has 0 fully saturated rings. The number of carbonyl (C=O) groups is 1. The average molecular weight is 365 g/mol. The van der Waals surface area contributed by atoms with Crippen molar-refractivity contribution in [1.29, 1.82) is 0 Å². The van der Waals surface area contributed by atoms with Gasteiger partial charge in [-0.1, -0.05) is 60.2 Å². The second kappa shape index (κ2) is 9.05. The van der Waals surface area contributed by atoms with Crippen molar-refractivity contribution >= 4 is 5.91 Å². The first-order valence-corrected chi connectivity index (χ1v) is 8.81. The molecule has 0 unspecified atom stereocenters. The molecule has 0 aliphatic heterocycles. The van der Waals surface area contributed by atoms with E-state index in [1.165, 1.54) is 4.80 Å². The van der Waals surface area contributed by atoms with E-state index in [1.807, 2.05) is 61.5 Å². The van der Waals surface area contributed by atoms with Crippen LogP contribution in [0.3, 0.4) is 0 Å². The molecule has 7 nitrogen and oxygen atoms in total. The highest BCUT2D eigenvalue weighted by Crippen LogP contribution is 2.14. The van der Waals surface area contributed by atoms with Crippen molar-refractivity contribution in [3.05, 3.63) is 65.7 Å². The van der Waals surface area contributed by atoms with Crippen molar-refractivity contribution in [2.45, 2.75) is 20.0 Å². The molecule has 0 aliphatic carbocycles. The SMILES string of the molecule is COCCN(Cc1ccccc1)C(=O)Cn1nnc(-c2ccc(C)cc2)n1. The molecule has 0 atom stereocenters. The summed E-state index contributed by atoms with van der Waals surface area (Å²) < 4.78 is 5.14. The summed E-state index contributed by atoms with van der Waals surface area (Å²) in [6.07, 6.45) is 0. The van der Waals surface area contributed by atoms with Gasteiger partial charge in [0.1, 0.15) is 6.54 Å². The fourth-order valence-corrected chi connectivity index (χ4v) is 2.65. The van der Waals surface area contributed by atoms with Gasteiger partial charge >= 0.3 is 0 Å². The third-order valence-corrected chi connectivity index (χ3v) is 4.17. The number of carbonyl (C=O) groups excluding carboxylic acids is 1. The summed E-state index contributed by atoms with van der Waals surface area (Å²) in [5.41, 5.74) is 3.10. The number of aromatic nitrogens is 4. The van der Waals surface area contributed by atoms with Crippen LogP contribution in [0.5, 0.6) is 0 Å². The van der Waals surface area contributed by atoms with Crippen LogP contribution in [-0.4, -0.2) is 51.3 Å². The normalized spacial score (nSPS) is 10.7. The Morgan fingerprint density at radius 2 is 1.85 bits per heavy atom. The van der Waals surface area contributed by atoms with Crippen molar-refractivity contribution < 1.29 is 9.53 Å². The van der Waals surface area contributed by atoms with E-state index >= 15 is 0 Å². The largest absolute Gasteiger partial charge is 0.383 e. The molecule has 0 spiro atoms. The van der Waals surface area contributed by atoms with Gasteiger partial charge in [-0.3, -0.25) is 4.79 Å². The van der Waals surface area contributed by atoms with E-state index in [0.717, 1.165) is 16.7 Å². The third kappa shape index (κ3) is 5.21. The van der Waals surface area contributed by atoms with Crippen LogP contribution >= 0.6 is 0 Å². The Morgan fingerprint density at radius 3 is 2.56 bits per heavy atom. The lowest BCUT2D eigenvalue weighted by Crippen LogP contribution is -2.36. The summed E-state index contributed by atoms with van der Waals surface area (Å²) in [6.45, 7) is 3.55. The molecule has 3 aromatic rings. The Labute approximate surface area is 158 Å². The second-order valence-electron chi connectivity index (χ2n) is 6.30. The van der Waals surface area contributed by atoms with Crippen molar-refractivity contribution in [2.75, 3.05) is 20.3 Å². The van der Waals surface area contributed by atoms with E-state index in [-0.39, 0.29) is 12.5 Å². The Hall–Kier alpha value is -3.06. The Kier molecular flexibility index (Phi) is 6.27. The molecule has 27 heavy (non-hydrogen) atoms. The maximum atomic E-state index is 12.8. The fraction of sp³-hybridized carbons (Fsp3) is 0.300. The van der Waals surface area contributed by atoms with Crippen molar-refractivity contribution in [2.24, 2.45) is 0 Å². The summed E-state index contributed by atoms with van der Waals surface area (Å²) in [6, 6.07) is 17.7. The number of hydrogen-bond donors (Lipinski definition) is 0. The molecule has 2 aromatic carbocycles. The van der Waals surface area contributed by atoms with Gasteiger partial charge in [0, 0.05) is 25.8 Å². The summed E-state index contributed by atoms with van der Waals surface area (Å²) in [7, 11) is 1.62. The van der Waals surface area contributed by atoms with Crippen LogP contribution in [0, 0.1) is 6.92 Å². The monoisotopic (exact) mass is 365 g/mol. The van der Waals surface area contributed by atoms with Crippen LogP contribution in [0.15, 0.2) is 54.6 Å². The van der Waals surface area contributed by atoms with E-state index in [0.29, 0.717) is 25.5 Å². The Bertz CT molecular complexity index is 862. The van der Waals surface area contributed by atoms with Gasteiger partial charge in [0.25, 0.3) is 0 Å². The van der Waals surface area contributed by atoms with Crippen molar-refractivity contribution in [1.82, 2.24) is 25.1 Å². The minimum absolute atomic E-state index is 0.0371. The van der Waals surface area contributed by atoms with E-state index in [4.69, 9.17) is 4.74 Å². The van der Waals surface area contributed by atoms with Crippen LogP contribution in [0.25, 0.3) is 11.4 Å². The molecule has 1 amide bonds. The average Bonchev–Trinajstić information content (AvgIpc) is 3.15. The van der Waals surface area contributed by atoms with Crippen molar-refractivity contribution in [3.63, 3.8) is 0 Å². The molecule has 1 heterocycles. The maximum Gasteiger partial charge on any atom is 0.246 e. The lowest BCUT2D eigenvalue weighted by Gasteiger charge is -2.22. The first-order valence-electron chi connectivity index (χ1n) is 8.81. The van der Waals surface area contributed by atoms with Gasteiger partial charge < -0.3 is 9.64 Å². The summed E-state index contributed by atoms with van der Waals surface area (Å²) in [5, 5.41) is 12.4. The molecular formula is C20H23N5O2. The molecule has 0 aliphatic rings. The lowest BCUT2D eigenvalue weighted by molar-refractivity contribution is -0.133. The molecule has 0 N–H and O–H groups in total. The van der Waals surface area contributed by atoms with Crippen LogP contribution in [-0.2, 0) is 22.6 Å². The van der Waals surface area contributed by atoms with E-state index in [2.05, 4.69) is 15.4 Å². The molecule has 0 radical (unpaired) electrons. The van der Waals surface area contributed by atoms with Gasteiger partial charge in [-0.15, -0.1) is 10.2 Å². The second-order valence-corrected chi connectivity index (χ2v) is 6.30. The zero-order valence-electron chi connectivity index (χ0n) is 15.6. The van der Waals surface area contributed by atoms with Crippen molar-refractivity contribution in [3.8, 4) is 11.4 Å². The maximum absolute atomic E-state index is 12.8. The van der Waals surface area contributed by atoms with Crippen LogP contribution < -0.4 is 0 Å². The van der Waals surface area contributed by atoms with E-state index in [1.54, 1.807) is 12.0 Å². The highest BCUT2D eigenvalue weighted by Gasteiger charge is 2.16. The minimum Gasteiger partial charge on any atom is -0.383 e. The third-order valence-electron chi connectivity index (χ3n) is 4.17. The minimum atomic E-state index is -0.0799. The quantitative estimate of drug-likeness (QED) is 0.612. The number of ether oxygens (including phenoxy) is 1. The highest BCUT2D eigenvalue weighted by molar-refractivity contribution is 5.75. The lowest BCUT2D eigenvalue weighted by atomic mass is 10.1. The summed E-state index contributed by atoms with van der Waals surface area (Å²) in [4.78, 5) is 15.8. The number of benzene rings is 2. The number of methoxy groups -OCH3 is 1. The highest BCUT2D eigenvalue weighted by atomic mass is 16.5. The predicted octanol–water partition coefficient (Wildman–Crippen LogP) is 2.32. The zero-order valence-corrected chi connectivity index (χ0v) is 15.6. The molecule has 1 aromatic heterocycles. The number of hydrogen-bond acceptors (Lipinski definition) is 5. The summed E-state index contributed by atoms with van der Waals surface area (Å²) in [5.74, 6) is 0.429. The first kappa shape index (κ1) is 18.7. The van der Waals surface area contributed by atoms with Gasteiger partial charge in [-0.05, 0) is 17.7 Å². The molecule has 7 heteroatoms. The van der Waals surface area contributed by atoms with E-state index < -0.39 is 0 Å². The molecule has 3 rings (SSSR count). The standard InChI is InChI=1S/C20H23N5O2/c1-16-8-10-18(11-9-16)20-21-23-25(22-20)15-19(26)24(12-13-27-2)14-17-6-4-3-5-7-17/h3-11H,12-15H2,1-2H3. The topological polar surface area (TPSA) is 73.1 Å². The van der Waals surface area contributed by atoms with Crippen LogP contribution in [0.1, 0.15) is 11.1 Å². The molecular weight excluding hydrogens is 342 g/mol. The van der Waals surface area contributed by atoms with Gasteiger partial charge in [0.2, 0.25) is 11.7 Å². The Morgan fingerprint density at radius 1 is 1.11 bits per heavy atom. The fourth-order valence-electron chi connectivity index (χ4n) is 2.65. The van der Waals surface area contributed by atoms with Gasteiger partial charge in [-0.25, -0.2) is 0 Å². The van der Waals surface area contributed by atoms with Crippen LogP contribution in [0.2, 0.25) is 0 Å². The van der Waals surface area contributed by atoms with Gasteiger partial charge in [-0.2, -0.15) is 4.80 Å². The molecule has 0 saturated heterocycles. The van der Waals surface area contributed by atoms with E-state index in [9.17, 15) is 4.79 Å². The van der Waals surface area contributed by atoms with Crippen LogP contribution in [0.4, 0.5) is 0 Å².